The molecule has 0 spiro atoms. The van der Waals surface area contributed by atoms with Gasteiger partial charge in [-0.2, -0.15) is 5.10 Å². The van der Waals surface area contributed by atoms with Gasteiger partial charge >= 0.3 is 0 Å². The van der Waals surface area contributed by atoms with Crippen molar-refractivity contribution < 1.29 is 19.3 Å². The first-order valence-electron chi connectivity index (χ1n) is 14.2. The monoisotopic (exact) mass is 620 g/mol. The van der Waals surface area contributed by atoms with Crippen LogP contribution in [0.15, 0.2) is 55.0 Å². The summed E-state index contributed by atoms with van der Waals surface area (Å²) in [6, 6.07) is 11.7. The largest absolute Gasteiger partial charge is 0.487 e. The van der Waals surface area contributed by atoms with E-state index < -0.39 is 6.10 Å². The van der Waals surface area contributed by atoms with Crippen LogP contribution in [0.3, 0.4) is 0 Å². The molecule has 5 aromatic rings. The van der Waals surface area contributed by atoms with E-state index in [9.17, 15) is 14.6 Å². The number of aliphatic hydroxyl groups is 2. The molecule has 2 aromatic carbocycles. The molecule has 2 aliphatic rings. The SMILES string of the molecule is O[C@H](CN1CC[C@H](O)C1)Cn1cc2c(n1)CCc1c-2sc2ncnc(Nc3ccc(OCc4cccc(F)c4)c(Cl)c3)c12. The number of hydrogen-bond donors (Lipinski definition) is 3. The van der Waals surface area contributed by atoms with E-state index in [1.54, 1.807) is 41.9 Å². The lowest BCUT2D eigenvalue weighted by molar-refractivity contribution is 0.0967. The van der Waals surface area contributed by atoms with E-state index in [0.717, 1.165) is 63.4 Å². The average molecular weight is 621 g/mol. The summed E-state index contributed by atoms with van der Waals surface area (Å²) >= 11 is 8.16. The normalized spacial score (nSPS) is 17.2. The van der Waals surface area contributed by atoms with Gasteiger partial charge < -0.3 is 20.3 Å². The van der Waals surface area contributed by atoms with Crippen molar-refractivity contribution in [3.8, 4) is 16.2 Å². The minimum absolute atomic E-state index is 0.206. The van der Waals surface area contributed by atoms with Gasteiger partial charge in [-0.3, -0.25) is 9.58 Å². The second-order valence-corrected chi connectivity index (χ2v) is 12.5. The molecular weight excluding hydrogens is 591 g/mol. The van der Waals surface area contributed by atoms with Crippen molar-refractivity contribution >= 4 is 44.7 Å². The third-order valence-corrected chi connectivity index (χ3v) is 9.34. The van der Waals surface area contributed by atoms with Gasteiger partial charge in [0.1, 0.15) is 35.1 Å². The first-order chi connectivity index (χ1) is 20.9. The Hall–Kier alpha value is -3.61. The van der Waals surface area contributed by atoms with Crippen LogP contribution in [0.25, 0.3) is 20.7 Å². The Morgan fingerprint density at radius 2 is 2.07 bits per heavy atom. The number of ether oxygens (including phenoxy) is 1. The summed E-state index contributed by atoms with van der Waals surface area (Å²) in [5.74, 6) is 0.897. The van der Waals surface area contributed by atoms with Gasteiger partial charge in [0.25, 0.3) is 0 Å². The molecule has 1 fully saturated rings. The summed E-state index contributed by atoms with van der Waals surface area (Å²) in [5, 5.41) is 30.1. The van der Waals surface area contributed by atoms with Gasteiger partial charge in [0, 0.05) is 42.0 Å². The van der Waals surface area contributed by atoms with Gasteiger partial charge in [-0.15, -0.1) is 11.3 Å². The fraction of sp³-hybridized carbons (Fsp3) is 0.323. The number of fused-ring (bicyclic) bond motifs is 5. The number of aromatic nitrogens is 4. The Morgan fingerprint density at radius 3 is 2.88 bits per heavy atom. The summed E-state index contributed by atoms with van der Waals surface area (Å²) < 4.78 is 21.2. The average Bonchev–Trinajstić information content (AvgIpc) is 3.69. The highest BCUT2D eigenvalue weighted by molar-refractivity contribution is 7.22. The van der Waals surface area contributed by atoms with E-state index in [4.69, 9.17) is 21.4 Å². The molecule has 43 heavy (non-hydrogen) atoms. The van der Waals surface area contributed by atoms with E-state index in [2.05, 4.69) is 20.2 Å². The number of likely N-dealkylation sites (tertiary alicyclic amines) is 1. The van der Waals surface area contributed by atoms with Crippen molar-refractivity contribution in [2.45, 2.75) is 44.6 Å². The zero-order chi connectivity index (χ0) is 29.5. The lowest BCUT2D eigenvalue weighted by atomic mass is 9.95. The maximum Gasteiger partial charge on any atom is 0.142 e. The zero-order valence-electron chi connectivity index (χ0n) is 23.2. The first kappa shape index (κ1) is 28.2. The number of nitrogens with one attached hydrogen (secondary N) is 1. The van der Waals surface area contributed by atoms with Crippen LogP contribution in [0.1, 0.15) is 23.2 Å². The number of β-amino-alcohol motifs (C(OH)–C–C–N with tert-alkyl or cyclic N) is 2. The van der Waals surface area contributed by atoms with Gasteiger partial charge in [-0.25, -0.2) is 14.4 Å². The summed E-state index contributed by atoms with van der Waals surface area (Å²) in [6.45, 7) is 2.53. The van der Waals surface area contributed by atoms with Gasteiger partial charge in [0.2, 0.25) is 0 Å². The Labute approximate surface area is 256 Å². The fourth-order valence-corrected chi connectivity index (χ4v) is 7.34. The molecule has 4 heterocycles. The Balaban J connectivity index is 1.09. The molecule has 0 amide bonds. The van der Waals surface area contributed by atoms with Crippen LogP contribution in [0.2, 0.25) is 5.02 Å². The minimum Gasteiger partial charge on any atom is -0.487 e. The Morgan fingerprint density at radius 1 is 1.16 bits per heavy atom. The van der Waals surface area contributed by atoms with Gasteiger partial charge in [0.05, 0.1) is 34.9 Å². The number of rotatable bonds is 9. The van der Waals surface area contributed by atoms with Crippen LogP contribution >= 0.6 is 22.9 Å². The van der Waals surface area contributed by atoms with Crippen molar-refractivity contribution in [1.29, 1.82) is 0 Å². The molecule has 12 heteroatoms. The molecule has 1 aliphatic heterocycles. The number of hydrogen-bond acceptors (Lipinski definition) is 9. The highest BCUT2D eigenvalue weighted by Gasteiger charge is 2.27. The lowest BCUT2D eigenvalue weighted by Gasteiger charge is -2.19. The van der Waals surface area contributed by atoms with E-state index in [1.807, 2.05) is 16.9 Å². The third kappa shape index (κ3) is 5.96. The molecule has 1 aliphatic carbocycles. The third-order valence-electron chi connectivity index (χ3n) is 7.87. The van der Waals surface area contributed by atoms with Crippen LogP contribution in [-0.2, 0) is 26.0 Å². The number of halogens is 2. The second kappa shape index (κ2) is 11.8. The molecule has 9 nitrogen and oxygen atoms in total. The predicted molar refractivity (Wildman–Crippen MR) is 165 cm³/mol. The molecule has 0 bridgehead atoms. The molecule has 7 rings (SSSR count). The highest BCUT2D eigenvalue weighted by Crippen LogP contribution is 2.45. The number of thiophene rings is 1. The van der Waals surface area contributed by atoms with Crippen LogP contribution in [0.4, 0.5) is 15.9 Å². The summed E-state index contributed by atoms with van der Waals surface area (Å²) in [6.07, 6.45) is 5.05. The van der Waals surface area contributed by atoms with E-state index in [0.29, 0.717) is 36.2 Å². The number of aliphatic hydroxyl groups excluding tert-OH is 2. The molecule has 0 radical (unpaired) electrons. The lowest BCUT2D eigenvalue weighted by Crippen LogP contribution is -2.34. The summed E-state index contributed by atoms with van der Waals surface area (Å²) in [4.78, 5) is 13.3. The summed E-state index contributed by atoms with van der Waals surface area (Å²) in [7, 11) is 0. The van der Waals surface area contributed by atoms with E-state index >= 15 is 0 Å². The Kier molecular flexibility index (Phi) is 7.74. The van der Waals surface area contributed by atoms with Crippen LogP contribution in [0.5, 0.6) is 5.75 Å². The molecule has 1 saturated heterocycles. The molecule has 222 valence electrons. The number of nitrogens with zero attached hydrogens (tertiary/aromatic N) is 5. The smallest absolute Gasteiger partial charge is 0.142 e. The van der Waals surface area contributed by atoms with E-state index in [-0.39, 0.29) is 18.5 Å². The van der Waals surface area contributed by atoms with Crippen LogP contribution < -0.4 is 10.1 Å². The molecule has 3 aromatic heterocycles. The van der Waals surface area contributed by atoms with Gasteiger partial charge in [0.15, 0.2) is 0 Å². The van der Waals surface area contributed by atoms with Crippen molar-refractivity contribution in [3.05, 3.63) is 82.6 Å². The van der Waals surface area contributed by atoms with Crippen molar-refractivity contribution in [2.75, 3.05) is 25.0 Å². The number of anilines is 2. The predicted octanol–water partition coefficient (Wildman–Crippen LogP) is 5.20. The molecule has 2 atom stereocenters. The highest BCUT2D eigenvalue weighted by atomic mass is 35.5. The quantitative estimate of drug-likeness (QED) is 0.207. The van der Waals surface area contributed by atoms with Gasteiger partial charge in [-0.1, -0.05) is 23.7 Å². The standard InChI is InChI=1S/C31H30ClFN6O3S/c32-25-11-20(4-7-27(25)42-16-18-2-1-3-19(33)10-18)36-30-28-23-5-6-26-24(29(23)43-31(28)35-17-34-30)15-39(37-26)14-22(41)13-38-9-8-21(40)12-38/h1-4,7,10-11,15,17,21-22,40-41H,5-6,8-9,12-14,16H2,(H,34,35,36)/t21-,22+/m0/s1. The molecule has 3 N–H and O–H groups in total. The van der Waals surface area contributed by atoms with Crippen LogP contribution in [0, 0.1) is 5.82 Å². The maximum absolute atomic E-state index is 13.5. The van der Waals surface area contributed by atoms with E-state index in [1.165, 1.54) is 17.7 Å². The second-order valence-electron chi connectivity index (χ2n) is 11.1. The molecule has 0 unspecified atom stereocenters. The molecule has 0 saturated carbocycles. The van der Waals surface area contributed by atoms with Gasteiger partial charge in [-0.05, 0) is 60.7 Å². The van der Waals surface area contributed by atoms with Crippen molar-refractivity contribution in [1.82, 2.24) is 24.6 Å². The first-order valence-corrected chi connectivity index (χ1v) is 15.4. The topological polar surface area (TPSA) is 109 Å². The maximum atomic E-state index is 13.5. The minimum atomic E-state index is -0.569. The fourth-order valence-electron chi connectivity index (χ4n) is 5.88. The number of benzene rings is 2. The van der Waals surface area contributed by atoms with Crippen molar-refractivity contribution in [3.63, 3.8) is 0 Å². The summed E-state index contributed by atoms with van der Waals surface area (Å²) in [5.41, 5.74) is 4.75. The zero-order valence-corrected chi connectivity index (χ0v) is 24.8. The van der Waals surface area contributed by atoms with Crippen molar-refractivity contribution in [2.24, 2.45) is 0 Å². The number of aryl methyl sites for hydroxylation is 2. The molecular formula is C31H30ClFN6O3S. The Bertz CT molecular complexity index is 1800. The van der Waals surface area contributed by atoms with Crippen LogP contribution in [-0.4, -0.2) is 66.7 Å².